The van der Waals surface area contributed by atoms with Gasteiger partial charge in [-0.25, -0.2) is 0 Å². The van der Waals surface area contributed by atoms with Crippen molar-refractivity contribution >= 4 is 0 Å². The number of fused-ring (bicyclic) bond motifs is 1. The van der Waals surface area contributed by atoms with E-state index in [-0.39, 0.29) is 6.10 Å². The monoisotopic (exact) mass is 384 g/mol. The van der Waals surface area contributed by atoms with Crippen LogP contribution in [0.5, 0.6) is 0 Å². The van der Waals surface area contributed by atoms with Crippen molar-refractivity contribution in [2.24, 2.45) is 29.1 Å². The van der Waals surface area contributed by atoms with Crippen LogP contribution < -0.4 is 0 Å². The van der Waals surface area contributed by atoms with E-state index >= 15 is 0 Å². The highest BCUT2D eigenvalue weighted by molar-refractivity contribution is 5.36. The Morgan fingerprint density at radius 3 is 2.64 bits per heavy atom. The SMILES string of the molecule is C=C1CC[C@@H](O)C/C1=C/C=C1CCC[C@@]2(C)C1CC[C@@H]2[C@H](C)CCCC(C)C. The van der Waals surface area contributed by atoms with Gasteiger partial charge in [-0.15, -0.1) is 0 Å². The molecule has 28 heavy (non-hydrogen) atoms. The molecule has 0 radical (unpaired) electrons. The van der Waals surface area contributed by atoms with E-state index in [0.717, 1.165) is 42.9 Å². The van der Waals surface area contributed by atoms with Gasteiger partial charge in [0, 0.05) is 0 Å². The average molecular weight is 385 g/mol. The maximum atomic E-state index is 10.0. The van der Waals surface area contributed by atoms with Gasteiger partial charge in [0.2, 0.25) is 0 Å². The summed E-state index contributed by atoms with van der Waals surface area (Å²) < 4.78 is 0. The van der Waals surface area contributed by atoms with E-state index < -0.39 is 0 Å². The molecule has 0 aromatic carbocycles. The van der Waals surface area contributed by atoms with Crippen molar-refractivity contribution in [2.45, 2.75) is 104 Å². The Morgan fingerprint density at radius 2 is 1.89 bits per heavy atom. The Labute approximate surface area is 174 Å². The number of aliphatic hydroxyl groups excluding tert-OH is 1. The molecule has 5 atom stereocenters. The molecule has 3 aliphatic rings. The molecule has 158 valence electrons. The lowest BCUT2D eigenvalue weighted by molar-refractivity contribution is 0.0929. The third-order valence-electron chi connectivity index (χ3n) is 8.35. The second-order valence-corrected chi connectivity index (χ2v) is 10.8. The van der Waals surface area contributed by atoms with Crippen LogP contribution in [0.3, 0.4) is 0 Å². The Balaban J connectivity index is 1.70. The number of rotatable bonds is 6. The molecule has 1 nitrogen and oxygen atoms in total. The quantitative estimate of drug-likeness (QED) is 0.499. The fourth-order valence-electron chi connectivity index (χ4n) is 6.66. The summed E-state index contributed by atoms with van der Waals surface area (Å²) in [6, 6.07) is 0. The van der Waals surface area contributed by atoms with Crippen LogP contribution in [0.4, 0.5) is 0 Å². The second kappa shape index (κ2) is 9.33. The van der Waals surface area contributed by atoms with Crippen molar-refractivity contribution in [3.05, 3.63) is 35.5 Å². The third-order valence-corrected chi connectivity index (χ3v) is 8.35. The van der Waals surface area contributed by atoms with E-state index in [1.165, 1.54) is 62.5 Å². The predicted molar refractivity (Wildman–Crippen MR) is 121 cm³/mol. The lowest BCUT2D eigenvalue weighted by atomic mass is 9.60. The van der Waals surface area contributed by atoms with Crippen LogP contribution in [0.25, 0.3) is 0 Å². The zero-order valence-corrected chi connectivity index (χ0v) is 19.0. The molecular weight excluding hydrogens is 340 g/mol. The Kier molecular flexibility index (Phi) is 7.29. The van der Waals surface area contributed by atoms with Gasteiger partial charge in [0.1, 0.15) is 0 Å². The van der Waals surface area contributed by atoms with Crippen LogP contribution >= 0.6 is 0 Å². The lowest BCUT2D eigenvalue weighted by Gasteiger charge is -2.44. The predicted octanol–water partition coefficient (Wildman–Crippen LogP) is 7.62. The van der Waals surface area contributed by atoms with Gasteiger partial charge >= 0.3 is 0 Å². The Morgan fingerprint density at radius 1 is 1.11 bits per heavy atom. The molecule has 0 aromatic heterocycles. The van der Waals surface area contributed by atoms with E-state index in [1.807, 2.05) is 0 Å². The van der Waals surface area contributed by atoms with Crippen LogP contribution in [0.1, 0.15) is 98.3 Å². The molecule has 1 heteroatoms. The summed E-state index contributed by atoms with van der Waals surface area (Å²) in [4.78, 5) is 0. The van der Waals surface area contributed by atoms with Gasteiger partial charge in [-0.2, -0.15) is 0 Å². The van der Waals surface area contributed by atoms with Gasteiger partial charge in [0.05, 0.1) is 6.10 Å². The summed E-state index contributed by atoms with van der Waals surface area (Å²) >= 11 is 0. The highest BCUT2D eigenvalue weighted by Gasteiger charge is 2.50. The van der Waals surface area contributed by atoms with Crippen LogP contribution in [-0.2, 0) is 0 Å². The zero-order chi connectivity index (χ0) is 20.3. The molecule has 1 N–H and O–H groups in total. The second-order valence-electron chi connectivity index (χ2n) is 10.8. The average Bonchev–Trinajstić information content (AvgIpc) is 2.99. The van der Waals surface area contributed by atoms with E-state index in [2.05, 4.69) is 46.4 Å². The molecular formula is C27H44O. The number of aliphatic hydroxyl groups is 1. The number of hydrogen-bond acceptors (Lipinski definition) is 1. The molecule has 0 amide bonds. The van der Waals surface area contributed by atoms with Crippen LogP contribution in [-0.4, -0.2) is 11.2 Å². The molecule has 0 heterocycles. The van der Waals surface area contributed by atoms with Crippen molar-refractivity contribution in [1.29, 1.82) is 0 Å². The van der Waals surface area contributed by atoms with Gasteiger partial charge in [0.15, 0.2) is 0 Å². The van der Waals surface area contributed by atoms with E-state index in [0.29, 0.717) is 5.41 Å². The van der Waals surface area contributed by atoms with Crippen molar-refractivity contribution in [2.75, 3.05) is 0 Å². The summed E-state index contributed by atoms with van der Waals surface area (Å²) in [7, 11) is 0. The smallest absolute Gasteiger partial charge is 0.0583 e. The molecule has 0 aromatic rings. The maximum Gasteiger partial charge on any atom is 0.0583 e. The highest BCUT2D eigenvalue weighted by Crippen LogP contribution is 2.59. The van der Waals surface area contributed by atoms with Gasteiger partial charge < -0.3 is 5.11 Å². The van der Waals surface area contributed by atoms with Crippen molar-refractivity contribution < 1.29 is 5.11 Å². The maximum absolute atomic E-state index is 10.0. The molecule has 3 rings (SSSR count). The van der Waals surface area contributed by atoms with Crippen molar-refractivity contribution in [1.82, 2.24) is 0 Å². The van der Waals surface area contributed by atoms with Gasteiger partial charge in [-0.1, -0.05) is 76.8 Å². The molecule has 1 unspecified atom stereocenters. The standard InChI is InChI=1S/C27H44O/c1-19(2)8-6-9-21(4)25-15-16-26-22(10-7-17-27(25,26)5)12-13-23-18-24(28)14-11-20(23)3/h12-13,19,21,24-26,28H,3,6-11,14-18H2,1-2,4-5H3/b22-12?,23-13-/t21-,24-,25-,26?,27-/m1/s1. The minimum absolute atomic E-state index is 0.172. The Hall–Kier alpha value is -0.820. The topological polar surface area (TPSA) is 20.2 Å². The van der Waals surface area contributed by atoms with Gasteiger partial charge in [-0.05, 0) is 86.0 Å². The van der Waals surface area contributed by atoms with Gasteiger partial charge in [-0.3, -0.25) is 0 Å². The summed E-state index contributed by atoms with van der Waals surface area (Å²) in [6.45, 7) is 14.1. The third kappa shape index (κ3) is 4.84. The molecule has 3 saturated carbocycles. The first-order valence-electron chi connectivity index (χ1n) is 12.1. The molecule has 0 aliphatic heterocycles. The first-order valence-corrected chi connectivity index (χ1v) is 12.1. The fourth-order valence-corrected chi connectivity index (χ4v) is 6.66. The molecule has 0 bridgehead atoms. The van der Waals surface area contributed by atoms with Gasteiger partial charge in [0.25, 0.3) is 0 Å². The summed E-state index contributed by atoms with van der Waals surface area (Å²) in [5.74, 6) is 3.37. The summed E-state index contributed by atoms with van der Waals surface area (Å²) in [5.41, 5.74) is 4.72. The van der Waals surface area contributed by atoms with Crippen LogP contribution in [0.15, 0.2) is 35.5 Å². The minimum Gasteiger partial charge on any atom is -0.393 e. The normalized spacial score (nSPS) is 37.6. The number of hydrogen-bond donors (Lipinski definition) is 1. The lowest BCUT2D eigenvalue weighted by Crippen LogP contribution is -2.36. The summed E-state index contributed by atoms with van der Waals surface area (Å²) in [6.07, 6.45) is 18.2. The van der Waals surface area contributed by atoms with E-state index in [4.69, 9.17) is 0 Å². The first kappa shape index (κ1) is 21.9. The number of allylic oxidation sites excluding steroid dienone is 4. The summed E-state index contributed by atoms with van der Waals surface area (Å²) in [5, 5.41) is 10.0. The highest BCUT2D eigenvalue weighted by atomic mass is 16.3. The largest absolute Gasteiger partial charge is 0.393 e. The van der Waals surface area contributed by atoms with Crippen molar-refractivity contribution in [3.8, 4) is 0 Å². The van der Waals surface area contributed by atoms with Crippen LogP contribution in [0, 0.1) is 29.1 Å². The van der Waals surface area contributed by atoms with Crippen molar-refractivity contribution in [3.63, 3.8) is 0 Å². The molecule has 0 saturated heterocycles. The molecule has 3 aliphatic carbocycles. The zero-order valence-electron chi connectivity index (χ0n) is 19.0. The molecule has 3 fully saturated rings. The first-order chi connectivity index (χ1) is 13.3. The minimum atomic E-state index is -0.172. The van der Waals surface area contributed by atoms with E-state index in [9.17, 15) is 5.11 Å². The molecule has 0 spiro atoms. The Bertz CT molecular complexity index is 610. The fraction of sp³-hybridized carbons (Fsp3) is 0.778. The van der Waals surface area contributed by atoms with Crippen LogP contribution in [0.2, 0.25) is 0 Å². The van der Waals surface area contributed by atoms with E-state index in [1.54, 1.807) is 5.57 Å².